The number of esters is 1. The van der Waals surface area contributed by atoms with Gasteiger partial charge in [0.05, 0.1) is 0 Å². The maximum Gasteiger partial charge on any atom is 0.331 e. The first-order valence-electron chi connectivity index (χ1n) is 6.85. The molecule has 0 aliphatic carbocycles. The Morgan fingerprint density at radius 2 is 1.87 bits per heavy atom. The Morgan fingerprint density at radius 1 is 1.17 bits per heavy atom. The molecule has 0 radical (unpaired) electrons. The first-order chi connectivity index (χ1) is 11.0. The Morgan fingerprint density at radius 3 is 2.52 bits per heavy atom. The van der Waals surface area contributed by atoms with Gasteiger partial charge in [-0.3, -0.25) is 4.79 Å². The van der Waals surface area contributed by atoms with Gasteiger partial charge in [-0.1, -0.05) is 23.7 Å². The fourth-order valence-electron chi connectivity index (χ4n) is 1.78. The van der Waals surface area contributed by atoms with Crippen LogP contribution in [0.15, 0.2) is 48.5 Å². The summed E-state index contributed by atoms with van der Waals surface area (Å²) >= 11 is 5.99. The van der Waals surface area contributed by atoms with Gasteiger partial charge in [0.25, 0.3) is 0 Å². The van der Waals surface area contributed by atoms with Gasteiger partial charge in [0.1, 0.15) is 5.82 Å². The van der Waals surface area contributed by atoms with Crippen molar-refractivity contribution in [2.75, 3.05) is 6.61 Å². The van der Waals surface area contributed by atoms with Crippen molar-refractivity contribution in [3.8, 4) is 0 Å². The second-order valence-electron chi connectivity index (χ2n) is 4.88. The molecule has 0 aliphatic heterocycles. The third-order valence-corrected chi connectivity index (χ3v) is 3.53. The molecular weight excluding hydrogens is 319 g/mol. The number of hydrogen-bond acceptors (Lipinski definition) is 3. The van der Waals surface area contributed by atoms with Crippen LogP contribution in [0.1, 0.15) is 21.5 Å². The molecule has 0 aromatic heterocycles. The van der Waals surface area contributed by atoms with Crippen molar-refractivity contribution in [2.45, 2.75) is 6.92 Å². The number of hydrogen-bond donors (Lipinski definition) is 0. The third-order valence-electron chi connectivity index (χ3n) is 3.12. The quantitative estimate of drug-likeness (QED) is 0.467. The van der Waals surface area contributed by atoms with E-state index in [0.717, 1.165) is 11.1 Å². The highest BCUT2D eigenvalue weighted by atomic mass is 35.5. The highest BCUT2D eigenvalue weighted by Gasteiger charge is 2.08. The van der Waals surface area contributed by atoms with E-state index >= 15 is 0 Å². The van der Waals surface area contributed by atoms with Crippen LogP contribution in [0, 0.1) is 12.7 Å². The van der Waals surface area contributed by atoms with E-state index in [2.05, 4.69) is 0 Å². The Labute approximate surface area is 138 Å². The fraction of sp³-hybridized carbons (Fsp3) is 0.111. The topological polar surface area (TPSA) is 43.4 Å². The average Bonchev–Trinajstić information content (AvgIpc) is 2.54. The van der Waals surface area contributed by atoms with E-state index in [1.807, 2.05) is 19.1 Å². The van der Waals surface area contributed by atoms with E-state index in [1.54, 1.807) is 12.1 Å². The summed E-state index contributed by atoms with van der Waals surface area (Å²) in [5, 5.41) is 0.604. The average molecular weight is 333 g/mol. The number of rotatable bonds is 5. The van der Waals surface area contributed by atoms with Gasteiger partial charge >= 0.3 is 5.97 Å². The molecule has 5 heteroatoms. The zero-order valence-corrected chi connectivity index (χ0v) is 13.1. The van der Waals surface area contributed by atoms with Crippen LogP contribution in [0.25, 0.3) is 6.08 Å². The summed E-state index contributed by atoms with van der Waals surface area (Å²) in [4.78, 5) is 23.4. The molecule has 0 saturated carbocycles. The summed E-state index contributed by atoms with van der Waals surface area (Å²) in [6.07, 6.45) is 2.77. The number of aryl methyl sites for hydroxylation is 1. The molecule has 0 saturated heterocycles. The summed E-state index contributed by atoms with van der Waals surface area (Å²) in [6.45, 7) is 1.48. The molecule has 23 heavy (non-hydrogen) atoms. The van der Waals surface area contributed by atoms with Gasteiger partial charge in [0.2, 0.25) is 0 Å². The minimum Gasteiger partial charge on any atom is -0.454 e. The maximum absolute atomic E-state index is 12.8. The van der Waals surface area contributed by atoms with E-state index in [-0.39, 0.29) is 5.56 Å². The van der Waals surface area contributed by atoms with Gasteiger partial charge in [-0.2, -0.15) is 0 Å². The predicted molar refractivity (Wildman–Crippen MR) is 86.9 cm³/mol. The number of carbonyl (C=O) groups is 2. The third kappa shape index (κ3) is 5.04. The molecule has 3 nitrogen and oxygen atoms in total. The molecule has 0 aliphatic rings. The lowest BCUT2D eigenvalue weighted by Gasteiger charge is -2.02. The lowest BCUT2D eigenvalue weighted by molar-refractivity contribution is -0.136. The van der Waals surface area contributed by atoms with Crippen molar-refractivity contribution in [3.05, 3.63) is 76.1 Å². The van der Waals surface area contributed by atoms with Crippen molar-refractivity contribution in [3.63, 3.8) is 0 Å². The minimum atomic E-state index is -0.642. The number of ketones is 1. The standard InChI is InChI=1S/C18H14ClFO3/c1-12-2-3-13(10-16(12)19)4-9-18(22)23-11-17(21)14-5-7-15(20)8-6-14/h2-10H,11H2,1H3/b9-4+. The van der Waals surface area contributed by atoms with Crippen LogP contribution in [0.4, 0.5) is 4.39 Å². The molecule has 0 spiro atoms. The number of halogens is 2. The highest BCUT2D eigenvalue weighted by Crippen LogP contribution is 2.17. The van der Waals surface area contributed by atoms with Gasteiger partial charge in [-0.25, -0.2) is 9.18 Å². The molecule has 0 fully saturated rings. The molecular formula is C18H14ClFO3. The van der Waals surface area contributed by atoms with Crippen molar-refractivity contribution in [1.82, 2.24) is 0 Å². The van der Waals surface area contributed by atoms with Gasteiger partial charge in [0, 0.05) is 16.7 Å². The van der Waals surface area contributed by atoms with Crippen LogP contribution < -0.4 is 0 Å². The van der Waals surface area contributed by atoms with E-state index in [0.29, 0.717) is 5.02 Å². The number of carbonyl (C=O) groups excluding carboxylic acids is 2. The lowest BCUT2D eigenvalue weighted by Crippen LogP contribution is -2.12. The minimum absolute atomic E-state index is 0.286. The van der Waals surface area contributed by atoms with Gasteiger partial charge in [-0.05, 0) is 54.5 Å². The zero-order chi connectivity index (χ0) is 16.8. The molecule has 118 valence electrons. The van der Waals surface area contributed by atoms with E-state index in [9.17, 15) is 14.0 Å². The van der Waals surface area contributed by atoms with Crippen LogP contribution in [0.5, 0.6) is 0 Å². The molecule has 0 bridgehead atoms. The van der Waals surface area contributed by atoms with Crippen LogP contribution >= 0.6 is 11.6 Å². The molecule has 0 unspecified atom stereocenters. The summed E-state index contributed by atoms with van der Waals surface area (Å²) < 4.78 is 17.6. The Bertz CT molecular complexity index is 751. The molecule has 2 rings (SSSR count). The van der Waals surface area contributed by atoms with Crippen LogP contribution in [0.3, 0.4) is 0 Å². The van der Waals surface area contributed by atoms with Crippen molar-refractivity contribution < 1.29 is 18.7 Å². The Kier molecular flexibility index (Phi) is 5.66. The van der Waals surface area contributed by atoms with Crippen molar-refractivity contribution in [1.29, 1.82) is 0 Å². The zero-order valence-electron chi connectivity index (χ0n) is 12.4. The summed E-state index contributed by atoms with van der Waals surface area (Å²) in [7, 11) is 0. The molecule has 2 aromatic carbocycles. The second kappa shape index (κ2) is 7.70. The first-order valence-corrected chi connectivity index (χ1v) is 7.23. The largest absolute Gasteiger partial charge is 0.454 e. The molecule has 0 atom stereocenters. The van der Waals surface area contributed by atoms with E-state index in [1.165, 1.54) is 30.3 Å². The van der Waals surface area contributed by atoms with E-state index in [4.69, 9.17) is 16.3 Å². The molecule has 0 amide bonds. The van der Waals surface area contributed by atoms with Crippen LogP contribution in [0.2, 0.25) is 5.02 Å². The Hall–Kier alpha value is -2.46. The number of benzene rings is 2. The van der Waals surface area contributed by atoms with Gasteiger partial charge in [-0.15, -0.1) is 0 Å². The lowest BCUT2D eigenvalue weighted by atomic mass is 10.1. The monoisotopic (exact) mass is 332 g/mol. The summed E-state index contributed by atoms with van der Waals surface area (Å²) in [5.41, 5.74) is 1.98. The number of Topliss-reactive ketones (excluding diaryl/α,β-unsaturated/α-hetero) is 1. The van der Waals surface area contributed by atoms with Crippen LogP contribution in [-0.2, 0) is 9.53 Å². The normalized spacial score (nSPS) is 10.7. The van der Waals surface area contributed by atoms with E-state index < -0.39 is 24.2 Å². The maximum atomic E-state index is 12.8. The fourth-order valence-corrected chi connectivity index (χ4v) is 1.97. The molecule has 0 N–H and O–H groups in total. The Balaban J connectivity index is 1.89. The first kappa shape index (κ1) is 16.9. The highest BCUT2D eigenvalue weighted by molar-refractivity contribution is 6.31. The van der Waals surface area contributed by atoms with Gasteiger partial charge < -0.3 is 4.74 Å². The van der Waals surface area contributed by atoms with Crippen molar-refractivity contribution >= 4 is 29.4 Å². The van der Waals surface area contributed by atoms with Crippen LogP contribution in [-0.4, -0.2) is 18.4 Å². The smallest absolute Gasteiger partial charge is 0.331 e. The van der Waals surface area contributed by atoms with Crippen molar-refractivity contribution in [2.24, 2.45) is 0 Å². The number of ether oxygens (including phenoxy) is 1. The summed E-state index contributed by atoms with van der Waals surface area (Å²) in [5.74, 6) is -1.47. The summed E-state index contributed by atoms with van der Waals surface area (Å²) in [6, 6.07) is 10.4. The molecule has 2 aromatic rings. The molecule has 0 heterocycles. The second-order valence-corrected chi connectivity index (χ2v) is 5.29. The predicted octanol–water partition coefficient (Wildman–Crippen LogP) is 4.23. The van der Waals surface area contributed by atoms with Gasteiger partial charge in [0.15, 0.2) is 12.4 Å². The SMILES string of the molecule is Cc1ccc(/C=C/C(=O)OCC(=O)c2ccc(F)cc2)cc1Cl.